The average Bonchev–Trinajstić information content (AvgIpc) is 3.36. The Morgan fingerprint density at radius 2 is 1.68 bits per heavy atom. The third-order valence-electron chi connectivity index (χ3n) is 6.79. The van der Waals surface area contributed by atoms with Gasteiger partial charge in [0.05, 0.1) is 5.69 Å². The van der Waals surface area contributed by atoms with Gasteiger partial charge in [0.25, 0.3) is 0 Å². The van der Waals surface area contributed by atoms with E-state index in [9.17, 15) is 18.0 Å². The van der Waals surface area contributed by atoms with E-state index < -0.39 is 28.7 Å². The van der Waals surface area contributed by atoms with Gasteiger partial charge in [0.2, 0.25) is 11.8 Å². The molecule has 0 aromatic heterocycles. The molecule has 0 heterocycles. The normalized spacial score (nSPS) is 15.0. The number of nitrogens with one attached hydrogen (secondary N) is 1. The average molecular weight is 594 g/mol. The fourth-order valence-electron chi connectivity index (χ4n) is 4.45. The summed E-state index contributed by atoms with van der Waals surface area (Å²) < 4.78 is 29.9. The summed E-state index contributed by atoms with van der Waals surface area (Å²) in [4.78, 5) is 28.5. The summed E-state index contributed by atoms with van der Waals surface area (Å²) in [6.07, 6.45) is 4.02. The molecule has 1 N–H and O–H groups in total. The number of nitrogens with zero attached hydrogens (tertiary/aromatic N) is 3. The zero-order valence-corrected chi connectivity index (χ0v) is 24.6. The molecule has 0 spiro atoms. The lowest BCUT2D eigenvalue weighted by molar-refractivity contribution is -0.139. The van der Waals surface area contributed by atoms with E-state index in [4.69, 9.17) is 0 Å². The van der Waals surface area contributed by atoms with E-state index in [0.29, 0.717) is 5.69 Å². The minimum Gasteiger partial charge on any atom is -0.352 e. The van der Waals surface area contributed by atoms with Crippen LogP contribution in [0.25, 0.3) is 0 Å². The standard InChI is InChI=1S/C27H37BrN4O4S/c1-19-10-11-20(2)25(16-19)32(37(35,36)30(4)5)18-26(33)31(17-22-12-14-23(28)15-13-22)21(3)27(34)29-24-8-6-7-9-24/h10-16,21,24H,6-9,17-18H2,1-5H3,(H,29,34)/t21-/m0/s1. The zero-order chi connectivity index (χ0) is 27.3. The van der Waals surface area contributed by atoms with E-state index in [-0.39, 0.29) is 18.5 Å². The van der Waals surface area contributed by atoms with E-state index in [0.717, 1.165) is 55.5 Å². The van der Waals surface area contributed by atoms with Gasteiger partial charge >= 0.3 is 10.2 Å². The lowest BCUT2D eigenvalue weighted by atomic mass is 10.1. The molecule has 2 aromatic carbocycles. The molecule has 1 fully saturated rings. The number of halogens is 1. The van der Waals surface area contributed by atoms with E-state index in [1.807, 2.05) is 50.2 Å². The van der Waals surface area contributed by atoms with E-state index in [1.165, 1.54) is 19.0 Å². The predicted molar refractivity (Wildman–Crippen MR) is 150 cm³/mol. The predicted octanol–water partition coefficient (Wildman–Crippen LogP) is 4.15. The molecule has 1 aliphatic carbocycles. The molecule has 8 nitrogen and oxygen atoms in total. The molecule has 10 heteroatoms. The van der Waals surface area contributed by atoms with Crippen molar-refractivity contribution in [3.8, 4) is 0 Å². The maximum Gasteiger partial charge on any atom is 0.304 e. The summed E-state index contributed by atoms with van der Waals surface area (Å²) in [5.74, 6) is -0.686. The number of hydrogen-bond donors (Lipinski definition) is 1. The van der Waals surface area contributed by atoms with Crippen molar-refractivity contribution in [3.63, 3.8) is 0 Å². The number of anilines is 1. The summed E-state index contributed by atoms with van der Waals surface area (Å²) in [7, 11) is -1.11. The van der Waals surface area contributed by atoms with Crippen LogP contribution in [0.5, 0.6) is 0 Å². The molecular weight excluding hydrogens is 556 g/mol. The third kappa shape index (κ3) is 7.33. The first-order valence-electron chi connectivity index (χ1n) is 12.5. The van der Waals surface area contributed by atoms with Crippen LogP contribution in [0.4, 0.5) is 5.69 Å². The summed E-state index contributed by atoms with van der Waals surface area (Å²) in [5, 5.41) is 3.08. The molecule has 1 atom stereocenters. The van der Waals surface area contributed by atoms with Gasteiger partial charge in [0, 0.05) is 31.2 Å². The zero-order valence-electron chi connectivity index (χ0n) is 22.2. The molecule has 0 aliphatic heterocycles. The van der Waals surface area contributed by atoms with Crippen molar-refractivity contribution in [1.82, 2.24) is 14.5 Å². The minimum atomic E-state index is -3.99. The number of carbonyl (C=O) groups is 2. The summed E-state index contributed by atoms with van der Waals surface area (Å²) in [6.45, 7) is 5.13. The highest BCUT2D eigenvalue weighted by atomic mass is 79.9. The van der Waals surface area contributed by atoms with Gasteiger partial charge < -0.3 is 10.2 Å². The maximum absolute atomic E-state index is 13.9. The SMILES string of the molecule is Cc1ccc(C)c(N(CC(=O)N(Cc2ccc(Br)cc2)[C@@H](C)C(=O)NC2CCCC2)S(=O)(=O)N(C)C)c1. The van der Waals surface area contributed by atoms with Gasteiger partial charge in [-0.1, -0.05) is 53.0 Å². The lowest BCUT2D eigenvalue weighted by Crippen LogP contribution is -2.53. The van der Waals surface area contributed by atoms with Crippen LogP contribution in [0.2, 0.25) is 0 Å². The van der Waals surface area contributed by atoms with Crippen LogP contribution in [-0.4, -0.2) is 62.2 Å². The first kappa shape index (κ1) is 29.1. The molecule has 2 amide bonds. The molecular formula is C27H37BrN4O4S. The van der Waals surface area contributed by atoms with Crippen LogP contribution >= 0.6 is 15.9 Å². The first-order valence-corrected chi connectivity index (χ1v) is 14.7. The summed E-state index contributed by atoms with van der Waals surface area (Å²) >= 11 is 3.43. The van der Waals surface area contributed by atoms with Crippen molar-refractivity contribution < 1.29 is 18.0 Å². The Bertz CT molecular complexity index is 1210. The topological polar surface area (TPSA) is 90.0 Å². The van der Waals surface area contributed by atoms with Crippen molar-refractivity contribution >= 4 is 43.6 Å². The van der Waals surface area contributed by atoms with Crippen LogP contribution in [0.1, 0.15) is 49.3 Å². The number of benzene rings is 2. The Balaban J connectivity index is 1.95. The molecule has 0 radical (unpaired) electrons. The quantitative estimate of drug-likeness (QED) is 0.448. The van der Waals surface area contributed by atoms with Gasteiger partial charge in [-0.2, -0.15) is 12.7 Å². The molecule has 2 aromatic rings. The third-order valence-corrected chi connectivity index (χ3v) is 9.12. The molecule has 1 saturated carbocycles. The second-order valence-electron chi connectivity index (χ2n) is 9.90. The Hall–Kier alpha value is -2.43. The van der Waals surface area contributed by atoms with Crippen molar-refractivity contribution in [2.75, 3.05) is 24.9 Å². The lowest BCUT2D eigenvalue weighted by Gasteiger charge is -2.33. The number of aryl methyl sites for hydroxylation is 2. The molecule has 0 saturated heterocycles. The highest BCUT2D eigenvalue weighted by Gasteiger charge is 2.34. The van der Waals surface area contributed by atoms with Crippen LogP contribution in [0.15, 0.2) is 46.9 Å². The largest absolute Gasteiger partial charge is 0.352 e. The van der Waals surface area contributed by atoms with Gasteiger partial charge in [0.15, 0.2) is 0 Å². The van der Waals surface area contributed by atoms with Gasteiger partial charge in [0.1, 0.15) is 12.6 Å². The first-order chi connectivity index (χ1) is 17.4. The van der Waals surface area contributed by atoms with Gasteiger partial charge in [-0.25, -0.2) is 4.31 Å². The number of amides is 2. The maximum atomic E-state index is 13.9. The Morgan fingerprint density at radius 3 is 2.27 bits per heavy atom. The molecule has 1 aliphatic rings. The van der Waals surface area contributed by atoms with Crippen molar-refractivity contribution in [2.45, 2.75) is 65.1 Å². The fraction of sp³-hybridized carbons (Fsp3) is 0.481. The minimum absolute atomic E-state index is 0.111. The monoisotopic (exact) mass is 592 g/mol. The van der Waals surface area contributed by atoms with Gasteiger partial charge in [-0.15, -0.1) is 0 Å². The second-order valence-corrected chi connectivity index (χ2v) is 12.9. The smallest absolute Gasteiger partial charge is 0.304 e. The van der Waals surface area contributed by atoms with Crippen LogP contribution < -0.4 is 9.62 Å². The Labute approximate surface area is 229 Å². The molecule has 202 valence electrons. The van der Waals surface area contributed by atoms with Crippen molar-refractivity contribution in [1.29, 1.82) is 0 Å². The Morgan fingerprint density at radius 1 is 1.05 bits per heavy atom. The van der Waals surface area contributed by atoms with Crippen LogP contribution in [-0.2, 0) is 26.3 Å². The fourth-order valence-corrected chi connectivity index (χ4v) is 5.83. The summed E-state index contributed by atoms with van der Waals surface area (Å²) in [6, 6.07) is 12.3. The van der Waals surface area contributed by atoms with Crippen molar-refractivity contribution in [3.05, 3.63) is 63.6 Å². The molecule has 37 heavy (non-hydrogen) atoms. The number of rotatable bonds is 10. The highest BCUT2D eigenvalue weighted by Crippen LogP contribution is 2.26. The van der Waals surface area contributed by atoms with Gasteiger partial charge in [-0.3, -0.25) is 9.59 Å². The number of carbonyl (C=O) groups excluding carboxylic acids is 2. The van der Waals surface area contributed by atoms with Gasteiger partial charge in [-0.05, 0) is 68.5 Å². The van der Waals surface area contributed by atoms with Crippen LogP contribution in [0, 0.1) is 13.8 Å². The number of hydrogen-bond acceptors (Lipinski definition) is 4. The molecule has 3 rings (SSSR count). The van der Waals surface area contributed by atoms with Crippen molar-refractivity contribution in [2.24, 2.45) is 0 Å². The van der Waals surface area contributed by atoms with E-state index in [2.05, 4.69) is 21.2 Å². The van der Waals surface area contributed by atoms with E-state index in [1.54, 1.807) is 13.0 Å². The van der Waals surface area contributed by atoms with E-state index >= 15 is 0 Å². The highest BCUT2D eigenvalue weighted by molar-refractivity contribution is 9.10. The van der Waals surface area contributed by atoms with Crippen LogP contribution in [0.3, 0.4) is 0 Å². The molecule has 0 unspecified atom stereocenters. The second kappa shape index (κ2) is 12.4. The molecule has 0 bridgehead atoms. The Kier molecular flexibility index (Phi) is 9.77. The summed E-state index contributed by atoms with van der Waals surface area (Å²) in [5.41, 5.74) is 2.89.